The van der Waals surface area contributed by atoms with Gasteiger partial charge in [-0.1, -0.05) is 6.92 Å². The molecule has 2 heterocycles. The zero-order valence-electron chi connectivity index (χ0n) is 5.96. The Morgan fingerprint density at radius 2 is 2.60 bits per heavy atom. The molecule has 2 heteroatoms. The highest BCUT2D eigenvalue weighted by Gasteiger charge is 2.17. The predicted molar refractivity (Wildman–Crippen MR) is 41.1 cm³/mol. The van der Waals surface area contributed by atoms with E-state index in [4.69, 9.17) is 0 Å². The lowest BCUT2D eigenvalue weighted by molar-refractivity contribution is 0.822. The minimum Gasteiger partial charge on any atom is -0.383 e. The molecule has 0 radical (unpaired) electrons. The summed E-state index contributed by atoms with van der Waals surface area (Å²) in [4.78, 5) is 4.28. The maximum atomic E-state index is 4.28. The van der Waals surface area contributed by atoms with Crippen molar-refractivity contribution in [1.82, 2.24) is 4.98 Å². The maximum Gasteiger partial charge on any atom is 0.0680 e. The van der Waals surface area contributed by atoms with Gasteiger partial charge in [-0.05, 0) is 12.1 Å². The van der Waals surface area contributed by atoms with Crippen molar-refractivity contribution >= 4 is 5.69 Å². The molecule has 2 nitrogen and oxygen atoms in total. The van der Waals surface area contributed by atoms with Crippen molar-refractivity contribution in [2.45, 2.75) is 12.8 Å². The molecule has 1 atom stereocenters. The molecular formula is C8H10N2. The lowest BCUT2D eigenvalue weighted by Gasteiger charge is -1.97. The molecule has 0 spiro atoms. The van der Waals surface area contributed by atoms with Gasteiger partial charge in [0.1, 0.15) is 0 Å². The molecule has 1 aromatic rings. The molecule has 2 rings (SSSR count). The van der Waals surface area contributed by atoms with Crippen LogP contribution in [0.5, 0.6) is 0 Å². The van der Waals surface area contributed by atoms with Gasteiger partial charge >= 0.3 is 0 Å². The van der Waals surface area contributed by atoms with E-state index in [1.165, 1.54) is 11.4 Å². The monoisotopic (exact) mass is 134 g/mol. The standard InChI is InChI=1S/C8H10N2/c1-6-5-10-7-3-2-4-9-8(6)7/h2-4,6,10H,5H2,1H3. The van der Waals surface area contributed by atoms with E-state index < -0.39 is 0 Å². The molecule has 1 unspecified atom stereocenters. The number of pyridine rings is 1. The number of rotatable bonds is 0. The van der Waals surface area contributed by atoms with Crippen LogP contribution in [0.4, 0.5) is 5.69 Å². The highest BCUT2D eigenvalue weighted by atomic mass is 14.9. The molecule has 0 aromatic carbocycles. The Morgan fingerprint density at radius 3 is 3.40 bits per heavy atom. The Labute approximate surface area is 60.3 Å². The van der Waals surface area contributed by atoms with Gasteiger partial charge in [0.15, 0.2) is 0 Å². The molecule has 10 heavy (non-hydrogen) atoms. The van der Waals surface area contributed by atoms with Gasteiger partial charge in [0, 0.05) is 18.7 Å². The summed E-state index contributed by atoms with van der Waals surface area (Å²) in [5, 5.41) is 3.29. The zero-order valence-corrected chi connectivity index (χ0v) is 5.96. The van der Waals surface area contributed by atoms with Gasteiger partial charge in [0.25, 0.3) is 0 Å². The van der Waals surface area contributed by atoms with E-state index in [2.05, 4.69) is 23.3 Å². The number of nitrogens with zero attached hydrogens (tertiary/aromatic N) is 1. The van der Waals surface area contributed by atoms with Crippen LogP contribution in [0.15, 0.2) is 18.3 Å². The number of hydrogen-bond donors (Lipinski definition) is 1. The SMILES string of the molecule is CC1CNc2cccnc21. The van der Waals surface area contributed by atoms with Gasteiger partial charge < -0.3 is 5.32 Å². The highest BCUT2D eigenvalue weighted by Crippen LogP contribution is 2.27. The molecule has 0 amide bonds. The third-order valence-electron chi connectivity index (χ3n) is 1.90. The van der Waals surface area contributed by atoms with Crippen LogP contribution < -0.4 is 5.32 Å². The van der Waals surface area contributed by atoms with E-state index >= 15 is 0 Å². The molecule has 0 aliphatic carbocycles. The highest BCUT2D eigenvalue weighted by molar-refractivity contribution is 5.53. The lowest BCUT2D eigenvalue weighted by atomic mass is 10.1. The van der Waals surface area contributed by atoms with Crippen LogP contribution in [0, 0.1) is 0 Å². The van der Waals surface area contributed by atoms with E-state index in [-0.39, 0.29) is 0 Å². The third kappa shape index (κ3) is 0.685. The summed E-state index contributed by atoms with van der Waals surface area (Å²) in [6.07, 6.45) is 1.85. The van der Waals surface area contributed by atoms with Crippen molar-refractivity contribution in [3.8, 4) is 0 Å². The van der Waals surface area contributed by atoms with Crippen molar-refractivity contribution in [3.63, 3.8) is 0 Å². The molecule has 1 aliphatic rings. The van der Waals surface area contributed by atoms with E-state index in [1.807, 2.05) is 12.3 Å². The summed E-state index contributed by atoms with van der Waals surface area (Å²) in [6, 6.07) is 4.04. The minimum atomic E-state index is 0.580. The average molecular weight is 134 g/mol. The molecule has 0 fully saturated rings. The molecule has 1 aliphatic heterocycles. The zero-order chi connectivity index (χ0) is 6.97. The van der Waals surface area contributed by atoms with Crippen LogP contribution in [-0.4, -0.2) is 11.5 Å². The minimum absolute atomic E-state index is 0.580. The fraction of sp³-hybridized carbons (Fsp3) is 0.375. The first-order valence-corrected chi connectivity index (χ1v) is 3.56. The Bertz CT molecular complexity index is 245. The second kappa shape index (κ2) is 1.97. The van der Waals surface area contributed by atoms with Crippen LogP contribution in [-0.2, 0) is 0 Å². The van der Waals surface area contributed by atoms with Gasteiger partial charge in [0.05, 0.1) is 11.4 Å². The number of fused-ring (bicyclic) bond motifs is 1. The van der Waals surface area contributed by atoms with Gasteiger partial charge in [-0.2, -0.15) is 0 Å². The molecule has 1 N–H and O–H groups in total. The average Bonchev–Trinajstić information content (AvgIpc) is 2.34. The second-order valence-corrected chi connectivity index (χ2v) is 2.72. The van der Waals surface area contributed by atoms with Gasteiger partial charge in [0.2, 0.25) is 0 Å². The summed E-state index contributed by atoms with van der Waals surface area (Å²) >= 11 is 0. The normalized spacial score (nSPS) is 21.9. The number of aromatic nitrogens is 1. The Morgan fingerprint density at radius 1 is 1.70 bits per heavy atom. The molecule has 52 valence electrons. The van der Waals surface area contributed by atoms with Crippen molar-refractivity contribution in [3.05, 3.63) is 24.0 Å². The second-order valence-electron chi connectivity index (χ2n) is 2.72. The first-order valence-electron chi connectivity index (χ1n) is 3.56. The van der Waals surface area contributed by atoms with Gasteiger partial charge in [-0.15, -0.1) is 0 Å². The van der Waals surface area contributed by atoms with Crippen molar-refractivity contribution in [1.29, 1.82) is 0 Å². The smallest absolute Gasteiger partial charge is 0.0680 e. The van der Waals surface area contributed by atoms with Crippen molar-refractivity contribution < 1.29 is 0 Å². The van der Waals surface area contributed by atoms with E-state index in [9.17, 15) is 0 Å². The van der Waals surface area contributed by atoms with E-state index in [0.717, 1.165) is 6.54 Å². The molecule has 1 aromatic heterocycles. The summed E-state index contributed by atoms with van der Waals surface area (Å²) < 4.78 is 0. The fourth-order valence-electron chi connectivity index (χ4n) is 1.32. The topological polar surface area (TPSA) is 24.9 Å². The lowest BCUT2D eigenvalue weighted by Crippen LogP contribution is -1.96. The number of anilines is 1. The third-order valence-corrected chi connectivity index (χ3v) is 1.90. The summed E-state index contributed by atoms with van der Waals surface area (Å²) in [6.45, 7) is 3.22. The maximum absolute atomic E-state index is 4.28. The number of nitrogens with one attached hydrogen (secondary N) is 1. The Hall–Kier alpha value is -1.05. The Balaban J connectivity index is 2.51. The van der Waals surface area contributed by atoms with Gasteiger partial charge in [-0.25, -0.2) is 0 Å². The molecule has 0 bridgehead atoms. The first-order chi connectivity index (χ1) is 4.88. The molecule has 0 saturated heterocycles. The van der Waals surface area contributed by atoms with Crippen LogP contribution in [0.2, 0.25) is 0 Å². The largest absolute Gasteiger partial charge is 0.383 e. The predicted octanol–water partition coefficient (Wildman–Crippen LogP) is 1.61. The fourth-order valence-corrected chi connectivity index (χ4v) is 1.32. The first kappa shape index (κ1) is 5.71. The number of hydrogen-bond acceptors (Lipinski definition) is 2. The quantitative estimate of drug-likeness (QED) is 0.583. The van der Waals surface area contributed by atoms with Crippen LogP contribution in [0.3, 0.4) is 0 Å². The van der Waals surface area contributed by atoms with E-state index in [1.54, 1.807) is 0 Å². The van der Waals surface area contributed by atoms with E-state index in [0.29, 0.717) is 5.92 Å². The van der Waals surface area contributed by atoms with Crippen molar-refractivity contribution in [2.75, 3.05) is 11.9 Å². The van der Waals surface area contributed by atoms with Crippen LogP contribution in [0.25, 0.3) is 0 Å². The van der Waals surface area contributed by atoms with Crippen molar-refractivity contribution in [2.24, 2.45) is 0 Å². The van der Waals surface area contributed by atoms with Crippen LogP contribution in [0.1, 0.15) is 18.5 Å². The molecular weight excluding hydrogens is 124 g/mol. The van der Waals surface area contributed by atoms with Crippen LogP contribution >= 0.6 is 0 Å². The summed E-state index contributed by atoms with van der Waals surface area (Å²) in [7, 11) is 0. The van der Waals surface area contributed by atoms with Gasteiger partial charge in [-0.3, -0.25) is 4.98 Å². The summed E-state index contributed by atoms with van der Waals surface area (Å²) in [5.74, 6) is 0.580. The molecule has 0 saturated carbocycles. The Kier molecular flexibility index (Phi) is 1.13. The summed E-state index contributed by atoms with van der Waals surface area (Å²) in [5.41, 5.74) is 2.41.